The van der Waals surface area contributed by atoms with Gasteiger partial charge in [0.05, 0.1) is 11.4 Å². The van der Waals surface area contributed by atoms with E-state index in [0.717, 1.165) is 33.9 Å². The maximum atomic E-state index is 5.26. The standard InChI is InChI=1S/C49H34N2/c1-49(2)46-35-20-9-7-15-32(35)26-27-43(46)42-25-13-24-41(47(42)49)38-28-29-40(37-22-11-10-21-36(37)38)45-30-44(50-48(51-45)33-16-4-3-5-17-33)39-23-12-18-31-14-6-8-19-34(31)39/h3-30H,1-2H3. The van der Waals surface area contributed by atoms with Crippen LogP contribution < -0.4 is 0 Å². The monoisotopic (exact) mass is 650 g/mol. The van der Waals surface area contributed by atoms with Crippen LogP contribution in [0.3, 0.4) is 0 Å². The molecule has 0 N–H and O–H groups in total. The van der Waals surface area contributed by atoms with E-state index < -0.39 is 0 Å². The summed E-state index contributed by atoms with van der Waals surface area (Å²) in [6, 6.07) is 61.1. The summed E-state index contributed by atoms with van der Waals surface area (Å²) in [7, 11) is 0. The van der Waals surface area contributed by atoms with Gasteiger partial charge in [0.2, 0.25) is 0 Å². The highest BCUT2D eigenvalue weighted by atomic mass is 14.9. The summed E-state index contributed by atoms with van der Waals surface area (Å²) in [5.74, 6) is 0.719. The molecule has 0 fully saturated rings. The van der Waals surface area contributed by atoms with Gasteiger partial charge in [-0.15, -0.1) is 0 Å². The maximum Gasteiger partial charge on any atom is 0.160 e. The molecule has 0 spiro atoms. The quantitative estimate of drug-likeness (QED) is 0.189. The van der Waals surface area contributed by atoms with Gasteiger partial charge in [0, 0.05) is 22.1 Å². The lowest BCUT2D eigenvalue weighted by atomic mass is 9.77. The number of benzene rings is 8. The fourth-order valence-electron chi connectivity index (χ4n) is 8.61. The number of fused-ring (bicyclic) bond motifs is 7. The molecule has 1 aliphatic rings. The first-order chi connectivity index (χ1) is 25.1. The van der Waals surface area contributed by atoms with Crippen LogP contribution in [0.5, 0.6) is 0 Å². The molecule has 8 aromatic carbocycles. The summed E-state index contributed by atoms with van der Waals surface area (Å²) in [4.78, 5) is 10.4. The molecule has 240 valence electrons. The summed E-state index contributed by atoms with van der Waals surface area (Å²) in [6.45, 7) is 4.79. The van der Waals surface area contributed by atoms with E-state index in [2.05, 4.69) is 166 Å². The third-order valence-corrected chi connectivity index (χ3v) is 10.8. The fraction of sp³-hybridized carbons (Fsp3) is 0.0612. The summed E-state index contributed by atoms with van der Waals surface area (Å²) in [6.07, 6.45) is 0. The van der Waals surface area contributed by atoms with E-state index in [1.54, 1.807) is 0 Å². The first kappa shape index (κ1) is 29.5. The van der Waals surface area contributed by atoms with Crippen LogP contribution in [-0.4, -0.2) is 9.97 Å². The van der Waals surface area contributed by atoms with Gasteiger partial charge in [-0.05, 0) is 71.8 Å². The minimum atomic E-state index is -0.174. The van der Waals surface area contributed by atoms with E-state index in [-0.39, 0.29) is 5.41 Å². The second-order valence-electron chi connectivity index (χ2n) is 14.1. The third kappa shape index (κ3) is 4.57. The predicted octanol–water partition coefficient (Wildman–Crippen LogP) is 12.9. The Kier molecular flexibility index (Phi) is 6.56. The molecule has 1 aromatic heterocycles. The van der Waals surface area contributed by atoms with Gasteiger partial charge in [0.1, 0.15) is 0 Å². The Bertz CT molecular complexity index is 2820. The molecule has 10 rings (SSSR count). The lowest BCUT2D eigenvalue weighted by Crippen LogP contribution is -2.17. The van der Waals surface area contributed by atoms with Crippen molar-refractivity contribution in [2.75, 3.05) is 0 Å². The molecule has 0 aliphatic heterocycles. The minimum Gasteiger partial charge on any atom is -0.228 e. The topological polar surface area (TPSA) is 25.8 Å². The Morgan fingerprint density at radius 1 is 0.353 bits per heavy atom. The molecule has 0 unspecified atom stereocenters. The maximum absolute atomic E-state index is 5.26. The van der Waals surface area contributed by atoms with Gasteiger partial charge in [0.25, 0.3) is 0 Å². The van der Waals surface area contributed by atoms with Gasteiger partial charge in [-0.25, -0.2) is 9.97 Å². The summed E-state index contributed by atoms with van der Waals surface area (Å²) >= 11 is 0. The van der Waals surface area contributed by atoms with Crippen LogP contribution in [0.1, 0.15) is 25.0 Å². The van der Waals surface area contributed by atoms with E-state index in [0.29, 0.717) is 0 Å². The number of hydrogen-bond acceptors (Lipinski definition) is 2. The molecule has 1 aliphatic carbocycles. The third-order valence-electron chi connectivity index (χ3n) is 10.8. The van der Waals surface area contributed by atoms with E-state index in [1.807, 2.05) is 18.2 Å². The van der Waals surface area contributed by atoms with Gasteiger partial charge >= 0.3 is 0 Å². The molecule has 9 aromatic rings. The van der Waals surface area contributed by atoms with Crippen molar-refractivity contribution in [1.29, 1.82) is 0 Å². The molecule has 0 radical (unpaired) electrons. The van der Waals surface area contributed by atoms with Crippen LogP contribution in [0.2, 0.25) is 0 Å². The Labute approximate surface area is 297 Å². The highest BCUT2D eigenvalue weighted by Crippen LogP contribution is 2.55. The second kappa shape index (κ2) is 11.3. The van der Waals surface area contributed by atoms with Gasteiger partial charge in [0.15, 0.2) is 5.82 Å². The fourth-order valence-corrected chi connectivity index (χ4v) is 8.61. The molecule has 2 heteroatoms. The molecule has 0 bridgehead atoms. The molecule has 51 heavy (non-hydrogen) atoms. The van der Waals surface area contributed by atoms with Gasteiger partial charge < -0.3 is 0 Å². The average Bonchev–Trinajstić information content (AvgIpc) is 3.44. The molecule has 0 amide bonds. The number of hydrogen-bond donors (Lipinski definition) is 0. The highest BCUT2D eigenvalue weighted by molar-refractivity contribution is 6.08. The van der Waals surface area contributed by atoms with Crippen molar-refractivity contribution in [3.05, 3.63) is 181 Å². The molecule has 0 atom stereocenters. The van der Waals surface area contributed by atoms with E-state index in [1.165, 1.54) is 65.7 Å². The average molecular weight is 651 g/mol. The van der Waals surface area contributed by atoms with E-state index in [4.69, 9.17) is 9.97 Å². The number of rotatable bonds is 4. The van der Waals surface area contributed by atoms with Crippen LogP contribution in [0.4, 0.5) is 0 Å². The molecular formula is C49H34N2. The van der Waals surface area contributed by atoms with Gasteiger partial charge in [-0.3, -0.25) is 0 Å². The van der Waals surface area contributed by atoms with E-state index >= 15 is 0 Å². The SMILES string of the molecule is CC1(C)c2c(cccc2-c2ccc(-c3cc(-c4cccc5ccccc45)nc(-c4ccccc4)n3)c3ccccc23)-c2ccc3ccccc3c21. The minimum absolute atomic E-state index is 0.174. The van der Waals surface area contributed by atoms with Gasteiger partial charge in [-0.2, -0.15) is 0 Å². The van der Waals surface area contributed by atoms with Crippen molar-refractivity contribution >= 4 is 32.3 Å². The molecular weight excluding hydrogens is 617 g/mol. The first-order valence-corrected chi connectivity index (χ1v) is 17.7. The summed E-state index contributed by atoms with van der Waals surface area (Å²) < 4.78 is 0. The van der Waals surface area contributed by atoms with Crippen LogP contribution >= 0.6 is 0 Å². The number of aromatic nitrogens is 2. The second-order valence-corrected chi connectivity index (χ2v) is 14.1. The van der Waals surface area contributed by atoms with Crippen LogP contribution in [0.15, 0.2) is 170 Å². The lowest BCUT2D eigenvalue weighted by Gasteiger charge is -2.26. The van der Waals surface area contributed by atoms with Crippen molar-refractivity contribution < 1.29 is 0 Å². The molecule has 0 saturated heterocycles. The molecule has 0 saturated carbocycles. The smallest absolute Gasteiger partial charge is 0.160 e. The van der Waals surface area contributed by atoms with Crippen molar-refractivity contribution in [3.63, 3.8) is 0 Å². The Balaban J connectivity index is 1.19. The zero-order valence-electron chi connectivity index (χ0n) is 28.6. The zero-order chi connectivity index (χ0) is 34.1. The largest absolute Gasteiger partial charge is 0.228 e. The lowest BCUT2D eigenvalue weighted by molar-refractivity contribution is 0.668. The molecule has 2 nitrogen and oxygen atoms in total. The Hall–Kier alpha value is -6.38. The zero-order valence-corrected chi connectivity index (χ0v) is 28.6. The molecule has 1 heterocycles. The summed E-state index contributed by atoms with van der Waals surface area (Å²) in [5.41, 5.74) is 12.8. The van der Waals surface area contributed by atoms with Crippen LogP contribution in [0, 0.1) is 0 Å². The Morgan fingerprint density at radius 3 is 1.57 bits per heavy atom. The number of nitrogens with zero attached hydrogens (tertiary/aromatic N) is 2. The Morgan fingerprint density at radius 2 is 0.824 bits per heavy atom. The first-order valence-electron chi connectivity index (χ1n) is 17.7. The van der Waals surface area contributed by atoms with E-state index in [9.17, 15) is 0 Å². The van der Waals surface area contributed by atoms with Crippen molar-refractivity contribution in [1.82, 2.24) is 9.97 Å². The van der Waals surface area contributed by atoms with Crippen molar-refractivity contribution in [3.8, 4) is 56.2 Å². The summed E-state index contributed by atoms with van der Waals surface area (Å²) in [5, 5.41) is 7.39. The normalized spacial score (nSPS) is 13.1. The highest BCUT2D eigenvalue weighted by Gasteiger charge is 2.39. The van der Waals surface area contributed by atoms with Crippen molar-refractivity contribution in [2.45, 2.75) is 19.3 Å². The predicted molar refractivity (Wildman–Crippen MR) is 214 cm³/mol. The van der Waals surface area contributed by atoms with Crippen LogP contribution in [-0.2, 0) is 5.41 Å². The van der Waals surface area contributed by atoms with Crippen LogP contribution in [0.25, 0.3) is 88.5 Å². The van der Waals surface area contributed by atoms with Gasteiger partial charge in [-0.1, -0.05) is 178 Å². The van der Waals surface area contributed by atoms with Crippen molar-refractivity contribution in [2.24, 2.45) is 0 Å².